The Bertz CT molecular complexity index is 289. The van der Waals surface area contributed by atoms with E-state index in [2.05, 4.69) is 15.9 Å². The average Bonchev–Trinajstić information content (AvgIpc) is 2.02. The van der Waals surface area contributed by atoms with Crippen LogP contribution in [0.4, 0.5) is 0 Å². The van der Waals surface area contributed by atoms with Crippen molar-refractivity contribution < 1.29 is 5.11 Å². The molecule has 1 unspecified atom stereocenters. The number of rotatable bonds is 3. The van der Waals surface area contributed by atoms with Crippen molar-refractivity contribution in [3.05, 3.63) is 34.3 Å². The van der Waals surface area contributed by atoms with Crippen molar-refractivity contribution in [2.24, 2.45) is 5.73 Å². The monoisotopic (exact) mass is 257 g/mol. The second kappa shape index (κ2) is 4.43. The standard InChI is InChI=1S/C11H16BrNO/c1-11(2,14)7-10(13)8-3-5-9(12)6-4-8/h3-6,10,14H,7,13H2,1-2H3. The summed E-state index contributed by atoms with van der Waals surface area (Å²) in [6, 6.07) is 7.75. The Labute approximate surface area is 93.3 Å². The molecule has 0 saturated heterocycles. The first-order chi connectivity index (χ1) is 6.38. The van der Waals surface area contributed by atoms with Crippen LogP contribution >= 0.6 is 15.9 Å². The minimum atomic E-state index is -0.716. The van der Waals surface area contributed by atoms with Crippen LogP contribution in [-0.4, -0.2) is 10.7 Å². The molecular weight excluding hydrogens is 242 g/mol. The van der Waals surface area contributed by atoms with Gasteiger partial charge in [0, 0.05) is 10.5 Å². The first-order valence-electron chi connectivity index (χ1n) is 4.62. The maximum absolute atomic E-state index is 9.61. The zero-order valence-corrected chi connectivity index (χ0v) is 10.1. The van der Waals surface area contributed by atoms with Gasteiger partial charge in [-0.25, -0.2) is 0 Å². The molecule has 3 N–H and O–H groups in total. The van der Waals surface area contributed by atoms with Crippen LogP contribution in [0.5, 0.6) is 0 Å². The lowest BCUT2D eigenvalue weighted by Crippen LogP contribution is -2.26. The molecule has 1 rings (SSSR count). The molecule has 1 aromatic carbocycles. The molecule has 0 bridgehead atoms. The highest BCUT2D eigenvalue weighted by atomic mass is 79.9. The van der Waals surface area contributed by atoms with Gasteiger partial charge in [0.1, 0.15) is 0 Å². The summed E-state index contributed by atoms with van der Waals surface area (Å²) in [7, 11) is 0. The molecule has 0 aliphatic rings. The molecule has 1 atom stereocenters. The van der Waals surface area contributed by atoms with E-state index in [0.717, 1.165) is 10.0 Å². The molecule has 0 spiro atoms. The van der Waals surface area contributed by atoms with E-state index in [1.54, 1.807) is 13.8 Å². The molecule has 14 heavy (non-hydrogen) atoms. The summed E-state index contributed by atoms with van der Waals surface area (Å²) in [5.41, 5.74) is 6.29. The summed E-state index contributed by atoms with van der Waals surface area (Å²) < 4.78 is 1.04. The highest BCUT2D eigenvalue weighted by Gasteiger charge is 2.18. The Morgan fingerprint density at radius 3 is 2.29 bits per heavy atom. The summed E-state index contributed by atoms with van der Waals surface area (Å²) in [5.74, 6) is 0. The van der Waals surface area contributed by atoms with E-state index in [-0.39, 0.29) is 6.04 Å². The van der Waals surface area contributed by atoms with Crippen LogP contribution in [0.2, 0.25) is 0 Å². The third-order valence-electron chi connectivity index (χ3n) is 2.02. The van der Waals surface area contributed by atoms with Gasteiger partial charge in [0.2, 0.25) is 0 Å². The predicted octanol–water partition coefficient (Wildman–Crippen LogP) is 2.61. The summed E-state index contributed by atoms with van der Waals surface area (Å²) in [6.45, 7) is 3.54. The lowest BCUT2D eigenvalue weighted by molar-refractivity contribution is 0.0635. The van der Waals surface area contributed by atoms with Crippen molar-refractivity contribution >= 4 is 15.9 Å². The number of halogens is 1. The van der Waals surface area contributed by atoms with Crippen molar-refractivity contribution in [1.82, 2.24) is 0 Å². The van der Waals surface area contributed by atoms with Crippen LogP contribution in [-0.2, 0) is 0 Å². The second-order valence-electron chi connectivity index (χ2n) is 4.17. The van der Waals surface area contributed by atoms with Crippen LogP contribution in [0.3, 0.4) is 0 Å². The Kier molecular flexibility index (Phi) is 3.70. The van der Waals surface area contributed by atoms with Gasteiger partial charge in [-0.1, -0.05) is 28.1 Å². The average molecular weight is 258 g/mol. The van der Waals surface area contributed by atoms with Gasteiger partial charge in [0.25, 0.3) is 0 Å². The van der Waals surface area contributed by atoms with Gasteiger partial charge < -0.3 is 10.8 Å². The molecule has 0 aliphatic carbocycles. The smallest absolute Gasteiger partial charge is 0.0609 e. The lowest BCUT2D eigenvalue weighted by Gasteiger charge is -2.22. The third-order valence-corrected chi connectivity index (χ3v) is 2.55. The van der Waals surface area contributed by atoms with Crippen LogP contribution in [0.25, 0.3) is 0 Å². The van der Waals surface area contributed by atoms with E-state index < -0.39 is 5.60 Å². The number of hydrogen-bond acceptors (Lipinski definition) is 2. The SMILES string of the molecule is CC(C)(O)CC(N)c1ccc(Br)cc1. The quantitative estimate of drug-likeness (QED) is 0.875. The van der Waals surface area contributed by atoms with E-state index in [9.17, 15) is 5.11 Å². The molecule has 2 nitrogen and oxygen atoms in total. The fourth-order valence-corrected chi connectivity index (χ4v) is 1.63. The third kappa shape index (κ3) is 3.78. The molecule has 1 aromatic rings. The van der Waals surface area contributed by atoms with Gasteiger partial charge in [-0.2, -0.15) is 0 Å². The van der Waals surface area contributed by atoms with Crippen molar-refractivity contribution in [3.63, 3.8) is 0 Å². The van der Waals surface area contributed by atoms with Gasteiger partial charge in [-0.05, 0) is 38.0 Å². The van der Waals surface area contributed by atoms with E-state index in [4.69, 9.17) is 5.73 Å². The fourth-order valence-electron chi connectivity index (χ4n) is 1.37. The van der Waals surface area contributed by atoms with Crippen LogP contribution in [0.1, 0.15) is 31.9 Å². The van der Waals surface area contributed by atoms with E-state index in [1.165, 1.54) is 0 Å². The first-order valence-corrected chi connectivity index (χ1v) is 5.41. The molecule has 0 aromatic heterocycles. The van der Waals surface area contributed by atoms with E-state index in [1.807, 2.05) is 24.3 Å². The van der Waals surface area contributed by atoms with Gasteiger partial charge >= 0.3 is 0 Å². The second-order valence-corrected chi connectivity index (χ2v) is 5.09. The number of aliphatic hydroxyl groups is 1. The molecule has 0 heterocycles. The lowest BCUT2D eigenvalue weighted by atomic mass is 9.95. The Hall–Kier alpha value is -0.380. The van der Waals surface area contributed by atoms with Crippen molar-refractivity contribution in [1.29, 1.82) is 0 Å². The zero-order chi connectivity index (χ0) is 10.8. The topological polar surface area (TPSA) is 46.2 Å². The molecule has 3 heteroatoms. The molecule has 0 radical (unpaired) electrons. The number of nitrogens with two attached hydrogens (primary N) is 1. The summed E-state index contributed by atoms with van der Waals surface area (Å²) >= 11 is 3.37. The molecule has 78 valence electrons. The van der Waals surface area contributed by atoms with Gasteiger partial charge in [-0.15, -0.1) is 0 Å². The minimum absolute atomic E-state index is 0.108. The maximum atomic E-state index is 9.61. The summed E-state index contributed by atoms with van der Waals surface area (Å²) in [4.78, 5) is 0. The largest absolute Gasteiger partial charge is 0.390 e. The maximum Gasteiger partial charge on any atom is 0.0609 e. The van der Waals surface area contributed by atoms with Crippen LogP contribution in [0.15, 0.2) is 28.7 Å². The molecule has 0 aliphatic heterocycles. The zero-order valence-electron chi connectivity index (χ0n) is 8.50. The normalized spacial score (nSPS) is 14.1. The Morgan fingerprint density at radius 1 is 1.36 bits per heavy atom. The molecule has 0 saturated carbocycles. The Balaban J connectivity index is 2.70. The fraction of sp³-hybridized carbons (Fsp3) is 0.455. The molecular formula is C11H16BrNO. The van der Waals surface area contributed by atoms with Gasteiger partial charge in [0.05, 0.1) is 5.60 Å². The Morgan fingerprint density at radius 2 is 1.86 bits per heavy atom. The van der Waals surface area contributed by atoms with Gasteiger partial charge in [0.15, 0.2) is 0 Å². The highest BCUT2D eigenvalue weighted by Crippen LogP contribution is 2.22. The number of benzene rings is 1. The van der Waals surface area contributed by atoms with Crippen LogP contribution < -0.4 is 5.73 Å². The number of hydrogen-bond donors (Lipinski definition) is 2. The molecule has 0 fully saturated rings. The predicted molar refractivity (Wildman–Crippen MR) is 62.0 cm³/mol. The van der Waals surface area contributed by atoms with Crippen LogP contribution in [0, 0.1) is 0 Å². The summed E-state index contributed by atoms with van der Waals surface area (Å²) in [5, 5.41) is 9.61. The van der Waals surface area contributed by atoms with Crippen molar-refractivity contribution in [3.8, 4) is 0 Å². The van der Waals surface area contributed by atoms with Crippen molar-refractivity contribution in [2.45, 2.75) is 31.9 Å². The van der Waals surface area contributed by atoms with E-state index in [0.29, 0.717) is 6.42 Å². The van der Waals surface area contributed by atoms with Crippen molar-refractivity contribution in [2.75, 3.05) is 0 Å². The first kappa shape index (κ1) is 11.7. The van der Waals surface area contributed by atoms with E-state index >= 15 is 0 Å². The van der Waals surface area contributed by atoms with Gasteiger partial charge in [-0.3, -0.25) is 0 Å². The molecule has 0 amide bonds. The highest BCUT2D eigenvalue weighted by molar-refractivity contribution is 9.10. The minimum Gasteiger partial charge on any atom is -0.390 e. The summed E-state index contributed by atoms with van der Waals surface area (Å²) in [6.07, 6.45) is 0.564.